The van der Waals surface area contributed by atoms with E-state index in [9.17, 15) is 16.8 Å². The third-order valence-corrected chi connectivity index (χ3v) is 7.64. The van der Waals surface area contributed by atoms with Gasteiger partial charge in [-0.1, -0.05) is 41.4 Å². The van der Waals surface area contributed by atoms with Crippen molar-refractivity contribution in [2.24, 2.45) is 0 Å². The fraction of sp³-hybridized carbons (Fsp3) is 0. The van der Waals surface area contributed by atoms with Crippen LogP contribution in [0.4, 0.5) is 11.4 Å². The molecule has 0 unspecified atom stereocenters. The topological polar surface area (TPSA) is 129 Å². The average Bonchev–Trinajstić information content (AvgIpc) is 3.21. The third kappa shape index (κ3) is 4.77. The predicted molar refractivity (Wildman–Crippen MR) is 125 cm³/mol. The summed E-state index contributed by atoms with van der Waals surface area (Å²) in [6.45, 7) is 0. The van der Waals surface area contributed by atoms with Gasteiger partial charge >= 0.3 is 0 Å². The van der Waals surface area contributed by atoms with E-state index >= 15 is 0 Å². The molecule has 0 saturated heterocycles. The molecule has 8 nitrogen and oxygen atoms in total. The summed E-state index contributed by atoms with van der Waals surface area (Å²) in [6, 6.07) is 17.5. The number of fused-ring (bicyclic) bond motifs is 1. The average molecular weight is 522 g/mol. The van der Waals surface area contributed by atoms with E-state index in [0.717, 1.165) is 6.07 Å². The summed E-state index contributed by atoms with van der Waals surface area (Å²) in [5.41, 5.74) is 0.287. The molecule has 0 saturated carbocycles. The third-order valence-electron chi connectivity index (χ3n) is 4.51. The van der Waals surface area contributed by atoms with Gasteiger partial charge in [-0.15, -0.1) is 0 Å². The van der Waals surface area contributed by atoms with Crippen LogP contribution in [0.1, 0.15) is 5.56 Å². The molecule has 3 aromatic carbocycles. The number of hydrogen-bond donors (Lipinski definition) is 2. The number of anilines is 2. The lowest BCUT2D eigenvalue weighted by Crippen LogP contribution is -2.17. The molecule has 4 rings (SSSR count). The Balaban J connectivity index is 1.69. The molecular weight excluding hydrogens is 509 g/mol. The van der Waals surface area contributed by atoms with E-state index in [1.54, 1.807) is 24.3 Å². The molecule has 0 fully saturated rings. The molecule has 0 bridgehead atoms. The molecule has 0 aliphatic rings. The van der Waals surface area contributed by atoms with Crippen molar-refractivity contribution in [2.45, 2.75) is 9.99 Å². The van der Waals surface area contributed by atoms with Crippen LogP contribution in [0.3, 0.4) is 0 Å². The molecular formula is C21H13Cl2N3O5S2. The van der Waals surface area contributed by atoms with E-state index in [2.05, 4.69) is 9.44 Å². The highest BCUT2D eigenvalue weighted by atomic mass is 35.5. The Morgan fingerprint density at radius 2 is 1.55 bits per heavy atom. The number of nitrogens with zero attached hydrogens (tertiary/aromatic N) is 1. The van der Waals surface area contributed by atoms with Crippen molar-refractivity contribution in [3.8, 4) is 6.07 Å². The second-order valence-electron chi connectivity index (χ2n) is 6.76. The molecule has 1 heterocycles. The van der Waals surface area contributed by atoms with E-state index < -0.39 is 20.0 Å². The van der Waals surface area contributed by atoms with E-state index in [-0.39, 0.29) is 37.0 Å². The van der Waals surface area contributed by atoms with Crippen LogP contribution in [0.25, 0.3) is 11.0 Å². The normalized spacial score (nSPS) is 11.8. The van der Waals surface area contributed by atoms with Crippen LogP contribution >= 0.6 is 23.2 Å². The molecule has 2 N–H and O–H groups in total. The van der Waals surface area contributed by atoms with Gasteiger partial charge in [0.1, 0.15) is 11.7 Å². The van der Waals surface area contributed by atoms with Crippen LogP contribution in [0.15, 0.2) is 81.1 Å². The maximum atomic E-state index is 12.9. The van der Waals surface area contributed by atoms with Crippen molar-refractivity contribution in [2.75, 3.05) is 9.44 Å². The number of para-hydroxylation sites is 1. The number of nitriles is 1. The van der Waals surface area contributed by atoms with Crippen molar-refractivity contribution in [3.05, 3.63) is 82.3 Å². The largest absolute Gasteiger partial charge is 0.443 e. The van der Waals surface area contributed by atoms with Crippen LogP contribution < -0.4 is 9.44 Å². The molecule has 0 radical (unpaired) electrons. The Labute approximate surface area is 199 Å². The van der Waals surface area contributed by atoms with Crippen LogP contribution in [-0.4, -0.2) is 16.8 Å². The van der Waals surface area contributed by atoms with Gasteiger partial charge in [-0.05, 0) is 42.5 Å². The first kappa shape index (κ1) is 22.9. The smallest absolute Gasteiger partial charge is 0.295 e. The Morgan fingerprint density at radius 3 is 2.24 bits per heavy atom. The van der Waals surface area contributed by atoms with E-state index in [4.69, 9.17) is 32.9 Å². The lowest BCUT2D eigenvalue weighted by Gasteiger charge is -2.14. The van der Waals surface area contributed by atoms with Gasteiger partial charge in [0.05, 0.1) is 26.9 Å². The zero-order valence-electron chi connectivity index (χ0n) is 16.4. The fourth-order valence-corrected chi connectivity index (χ4v) is 5.54. The Hall–Kier alpha value is -3.23. The number of hydrogen-bond acceptors (Lipinski definition) is 6. The van der Waals surface area contributed by atoms with Crippen molar-refractivity contribution < 1.29 is 21.3 Å². The van der Waals surface area contributed by atoms with Gasteiger partial charge in [0, 0.05) is 16.5 Å². The molecule has 4 aromatic rings. The Kier molecular flexibility index (Phi) is 5.99. The van der Waals surface area contributed by atoms with Crippen molar-refractivity contribution in [1.82, 2.24) is 0 Å². The Morgan fingerprint density at radius 1 is 0.818 bits per heavy atom. The maximum Gasteiger partial charge on any atom is 0.295 e. The summed E-state index contributed by atoms with van der Waals surface area (Å²) < 4.78 is 61.6. The highest BCUT2D eigenvalue weighted by molar-refractivity contribution is 7.93. The monoisotopic (exact) mass is 521 g/mol. The number of nitrogens with one attached hydrogen (secondary N) is 2. The van der Waals surface area contributed by atoms with Gasteiger partial charge in [-0.2, -0.15) is 13.7 Å². The van der Waals surface area contributed by atoms with Gasteiger partial charge in [0.15, 0.2) is 0 Å². The standard InChI is InChI=1S/C21H13Cl2N3O5S2/c22-15-6-8-18(25-32(27,28)16-7-5-14(12-24)17(23)11-16)19(10-15)26-33(29,30)21-9-13-3-1-2-4-20(13)31-21/h1-11,25-26H. The van der Waals surface area contributed by atoms with E-state index in [1.807, 2.05) is 6.07 Å². The molecule has 0 atom stereocenters. The molecule has 168 valence electrons. The molecule has 1 aromatic heterocycles. The van der Waals surface area contributed by atoms with Gasteiger partial charge in [-0.25, -0.2) is 8.42 Å². The van der Waals surface area contributed by atoms with Crippen LogP contribution in [0.2, 0.25) is 10.0 Å². The van der Waals surface area contributed by atoms with Crippen LogP contribution in [0, 0.1) is 11.3 Å². The first-order chi connectivity index (χ1) is 15.6. The lowest BCUT2D eigenvalue weighted by atomic mass is 10.2. The Bertz CT molecular complexity index is 1610. The predicted octanol–water partition coefficient (Wildman–Crippen LogP) is 5.21. The summed E-state index contributed by atoms with van der Waals surface area (Å²) in [5.74, 6) is 0. The zero-order valence-corrected chi connectivity index (χ0v) is 19.6. The summed E-state index contributed by atoms with van der Waals surface area (Å²) in [6.07, 6.45) is 0. The lowest BCUT2D eigenvalue weighted by molar-refractivity contribution is 0.484. The van der Waals surface area contributed by atoms with Gasteiger partial charge in [0.25, 0.3) is 20.0 Å². The second kappa shape index (κ2) is 8.61. The molecule has 0 aliphatic carbocycles. The first-order valence-electron chi connectivity index (χ1n) is 9.12. The molecule has 0 amide bonds. The summed E-state index contributed by atoms with van der Waals surface area (Å²) in [7, 11) is -8.40. The SMILES string of the molecule is N#Cc1ccc(S(=O)(=O)Nc2ccc(Cl)cc2NS(=O)(=O)c2cc3ccccc3o2)cc1Cl. The second-order valence-corrected chi connectivity index (χ2v) is 10.9. The molecule has 33 heavy (non-hydrogen) atoms. The van der Waals surface area contributed by atoms with Gasteiger partial charge in [0.2, 0.25) is 5.09 Å². The first-order valence-corrected chi connectivity index (χ1v) is 12.8. The summed E-state index contributed by atoms with van der Waals surface area (Å²) in [4.78, 5) is -0.215. The molecule has 12 heteroatoms. The maximum absolute atomic E-state index is 12.9. The number of halogens is 2. The fourth-order valence-electron chi connectivity index (χ4n) is 2.93. The minimum absolute atomic E-state index is 0.0395. The van der Waals surface area contributed by atoms with Gasteiger partial charge < -0.3 is 4.42 Å². The summed E-state index contributed by atoms with van der Waals surface area (Å²) >= 11 is 12.0. The number of sulfonamides is 2. The van der Waals surface area contributed by atoms with Crippen molar-refractivity contribution in [1.29, 1.82) is 5.26 Å². The number of furan rings is 1. The van der Waals surface area contributed by atoms with Crippen LogP contribution in [0.5, 0.6) is 0 Å². The highest BCUT2D eigenvalue weighted by Gasteiger charge is 2.23. The van der Waals surface area contributed by atoms with Crippen molar-refractivity contribution in [3.63, 3.8) is 0 Å². The number of benzene rings is 3. The highest BCUT2D eigenvalue weighted by Crippen LogP contribution is 2.32. The minimum atomic E-state index is -4.22. The van der Waals surface area contributed by atoms with Crippen molar-refractivity contribution >= 4 is 65.6 Å². The van der Waals surface area contributed by atoms with Gasteiger partial charge in [-0.3, -0.25) is 9.44 Å². The van der Waals surface area contributed by atoms with Crippen LogP contribution in [-0.2, 0) is 20.0 Å². The zero-order chi connectivity index (χ0) is 23.8. The van der Waals surface area contributed by atoms with E-state index in [0.29, 0.717) is 11.0 Å². The molecule has 0 spiro atoms. The molecule has 0 aliphatic heterocycles. The number of rotatable bonds is 6. The quantitative estimate of drug-likeness (QED) is 0.358. The van der Waals surface area contributed by atoms with E-state index in [1.165, 1.54) is 36.4 Å². The summed E-state index contributed by atoms with van der Waals surface area (Å²) in [5, 5.41) is 9.34. The minimum Gasteiger partial charge on any atom is -0.443 e.